The number of ether oxygens (including phenoxy) is 2. The summed E-state index contributed by atoms with van der Waals surface area (Å²) in [5.74, 6) is 1.21. The molecule has 0 spiro atoms. The normalized spacial score (nSPS) is 10.7. The summed E-state index contributed by atoms with van der Waals surface area (Å²) in [4.78, 5) is 15.8. The molecule has 0 aliphatic rings. The molecule has 2 aromatic carbocycles. The fraction of sp³-hybridized carbons (Fsp3) is 0.111. The Bertz CT molecular complexity index is 873. The van der Waals surface area contributed by atoms with Crippen LogP contribution in [0.25, 0.3) is 10.9 Å². The minimum atomic E-state index is -2.72. The van der Waals surface area contributed by atoms with E-state index in [2.05, 4.69) is 15.0 Å². The van der Waals surface area contributed by atoms with Gasteiger partial charge in [-0.3, -0.25) is 10.3 Å². The molecule has 25 heavy (non-hydrogen) atoms. The second-order valence-electron chi connectivity index (χ2n) is 5.04. The molecule has 7 heteroatoms. The summed E-state index contributed by atoms with van der Waals surface area (Å²) in [6.07, 6.45) is -2.13. The first-order chi connectivity index (χ1) is 12.1. The highest BCUT2D eigenvalue weighted by Crippen LogP contribution is 2.33. The predicted octanol–water partition coefficient (Wildman–Crippen LogP) is 4.84. The monoisotopic (exact) mass is 344 g/mol. The van der Waals surface area contributed by atoms with Gasteiger partial charge in [0.25, 0.3) is 6.43 Å². The molecule has 0 fully saturated rings. The Kier molecular flexibility index (Phi) is 5.03. The molecule has 0 saturated carbocycles. The van der Waals surface area contributed by atoms with Crippen LogP contribution in [0.5, 0.6) is 11.5 Å². The van der Waals surface area contributed by atoms with Crippen LogP contribution in [0.3, 0.4) is 0 Å². The Labute approximate surface area is 142 Å². The first kappa shape index (κ1) is 16.6. The van der Waals surface area contributed by atoms with E-state index in [9.17, 15) is 13.6 Å². The van der Waals surface area contributed by atoms with Gasteiger partial charge < -0.3 is 9.47 Å². The van der Waals surface area contributed by atoms with Crippen LogP contribution in [0.4, 0.5) is 19.3 Å². The number of nitrogens with one attached hydrogen (secondary N) is 1. The van der Waals surface area contributed by atoms with Crippen LogP contribution in [0.15, 0.2) is 60.8 Å². The van der Waals surface area contributed by atoms with Crippen molar-refractivity contribution in [1.82, 2.24) is 4.98 Å². The largest absolute Gasteiger partial charge is 0.457 e. The Balaban J connectivity index is 1.87. The molecule has 1 heterocycles. The number of rotatable bonds is 5. The molecule has 0 atom stereocenters. The summed E-state index contributed by atoms with van der Waals surface area (Å²) >= 11 is 0. The maximum Gasteiger partial charge on any atom is 0.411 e. The molecule has 128 valence electrons. The number of nitrogens with zero attached hydrogens (tertiary/aromatic N) is 1. The number of amides is 1. The van der Waals surface area contributed by atoms with Gasteiger partial charge >= 0.3 is 6.09 Å². The standard InChI is InChI=1S/C18H14F2N2O3/c19-16(20)11-24-18(23)22-14-8-9-15(13-7-4-10-21-17(13)14)25-12-5-2-1-3-6-12/h1-10,16H,11H2,(H,22,23). The molecule has 5 nitrogen and oxygen atoms in total. The molecule has 3 aromatic rings. The third-order valence-electron chi connectivity index (χ3n) is 3.28. The number of para-hydroxylation sites is 1. The summed E-state index contributed by atoms with van der Waals surface area (Å²) in [6, 6.07) is 16.0. The predicted molar refractivity (Wildman–Crippen MR) is 89.2 cm³/mol. The smallest absolute Gasteiger partial charge is 0.411 e. The van der Waals surface area contributed by atoms with Crippen LogP contribution < -0.4 is 10.1 Å². The zero-order valence-corrected chi connectivity index (χ0v) is 13.0. The van der Waals surface area contributed by atoms with Crippen molar-refractivity contribution < 1.29 is 23.0 Å². The Hall–Kier alpha value is -3.22. The summed E-state index contributed by atoms with van der Waals surface area (Å²) in [5, 5.41) is 3.08. The van der Waals surface area contributed by atoms with Gasteiger partial charge in [0.05, 0.1) is 11.2 Å². The number of hydrogen-bond donors (Lipinski definition) is 1. The van der Waals surface area contributed by atoms with E-state index in [0.29, 0.717) is 28.1 Å². The molecule has 1 N–H and O–H groups in total. The van der Waals surface area contributed by atoms with Gasteiger partial charge in [-0.15, -0.1) is 0 Å². The number of alkyl halides is 2. The summed E-state index contributed by atoms with van der Waals surface area (Å²) in [6.45, 7) is -0.966. The first-order valence-electron chi connectivity index (χ1n) is 7.46. The van der Waals surface area contributed by atoms with Crippen LogP contribution in [0, 0.1) is 0 Å². The van der Waals surface area contributed by atoms with Crippen molar-refractivity contribution in [2.45, 2.75) is 6.43 Å². The van der Waals surface area contributed by atoms with E-state index in [1.54, 1.807) is 30.5 Å². The molecule has 1 amide bonds. The third kappa shape index (κ3) is 4.20. The second kappa shape index (κ2) is 7.57. The molecular weight excluding hydrogens is 330 g/mol. The maximum atomic E-state index is 12.1. The molecule has 0 aliphatic carbocycles. The number of anilines is 1. The zero-order valence-electron chi connectivity index (χ0n) is 13.0. The van der Waals surface area contributed by atoms with Crippen molar-refractivity contribution in [2.75, 3.05) is 11.9 Å². The lowest BCUT2D eigenvalue weighted by atomic mass is 10.1. The quantitative estimate of drug-likeness (QED) is 0.719. The molecule has 3 rings (SSSR count). The number of halogens is 2. The summed E-state index contributed by atoms with van der Waals surface area (Å²) < 4.78 is 34.5. The van der Waals surface area contributed by atoms with Gasteiger partial charge in [-0.05, 0) is 36.4 Å². The molecular formula is C18H14F2N2O3. The van der Waals surface area contributed by atoms with Crippen LogP contribution in [0.2, 0.25) is 0 Å². The molecule has 0 saturated heterocycles. The number of aromatic nitrogens is 1. The highest BCUT2D eigenvalue weighted by atomic mass is 19.3. The Morgan fingerprint density at radius 1 is 1.08 bits per heavy atom. The van der Waals surface area contributed by atoms with E-state index in [4.69, 9.17) is 4.74 Å². The lowest BCUT2D eigenvalue weighted by Crippen LogP contribution is -2.17. The number of carbonyl (C=O) groups is 1. The number of fused-ring (bicyclic) bond motifs is 1. The zero-order chi connectivity index (χ0) is 17.6. The van der Waals surface area contributed by atoms with E-state index < -0.39 is 19.1 Å². The van der Waals surface area contributed by atoms with Crippen LogP contribution >= 0.6 is 0 Å². The minimum absolute atomic E-state index is 0.343. The number of benzene rings is 2. The van der Waals surface area contributed by atoms with Gasteiger partial charge in [0.15, 0.2) is 6.61 Å². The average molecular weight is 344 g/mol. The van der Waals surface area contributed by atoms with Gasteiger partial charge in [-0.25, -0.2) is 13.6 Å². The third-order valence-corrected chi connectivity index (χ3v) is 3.28. The average Bonchev–Trinajstić information content (AvgIpc) is 2.63. The van der Waals surface area contributed by atoms with Gasteiger partial charge in [0.1, 0.15) is 11.5 Å². The highest BCUT2D eigenvalue weighted by molar-refractivity contribution is 6.00. The molecule has 1 aromatic heterocycles. The van der Waals surface area contributed by atoms with Crippen molar-refractivity contribution in [3.8, 4) is 11.5 Å². The summed E-state index contributed by atoms with van der Waals surface area (Å²) in [7, 11) is 0. The topological polar surface area (TPSA) is 60.5 Å². The summed E-state index contributed by atoms with van der Waals surface area (Å²) in [5.41, 5.74) is 0.806. The van der Waals surface area contributed by atoms with Gasteiger partial charge in [0, 0.05) is 11.6 Å². The fourth-order valence-corrected chi connectivity index (χ4v) is 2.24. The van der Waals surface area contributed by atoms with E-state index in [-0.39, 0.29) is 0 Å². The van der Waals surface area contributed by atoms with Crippen LogP contribution in [0.1, 0.15) is 0 Å². The van der Waals surface area contributed by atoms with E-state index in [0.717, 1.165) is 0 Å². The van der Waals surface area contributed by atoms with Crippen LogP contribution in [-0.4, -0.2) is 24.1 Å². The number of carbonyl (C=O) groups excluding carboxylic acids is 1. The van der Waals surface area contributed by atoms with Gasteiger partial charge in [-0.2, -0.15) is 0 Å². The van der Waals surface area contributed by atoms with Crippen molar-refractivity contribution in [3.05, 3.63) is 60.8 Å². The number of hydrogen-bond acceptors (Lipinski definition) is 4. The molecule has 0 aliphatic heterocycles. The lowest BCUT2D eigenvalue weighted by Gasteiger charge is -2.12. The highest BCUT2D eigenvalue weighted by Gasteiger charge is 2.13. The van der Waals surface area contributed by atoms with Crippen molar-refractivity contribution >= 4 is 22.7 Å². The lowest BCUT2D eigenvalue weighted by molar-refractivity contribution is 0.0548. The Morgan fingerprint density at radius 2 is 1.88 bits per heavy atom. The molecule has 0 unspecified atom stereocenters. The van der Waals surface area contributed by atoms with E-state index >= 15 is 0 Å². The van der Waals surface area contributed by atoms with Gasteiger partial charge in [0.2, 0.25) is 0 Å². The first-order valence-corrected chi connectivity index (χ1v) is 7.46. The molecule has 0 radical (unpaired) electrons. The van der Waals surface area contributed by atoms with E-state index in [1.165, 1.54) is 0 Å². The van der Waals surface area contributed by atoms with Crippen molar-refractivity contribution in [3.63, 3.8) is 0 Å². The second-order valence-corrected chi connectivity index (χ2v) is 5.04. The van der Waals surface area contributed by atoms with Crippen molar-refractivity contribution in [2.24, 2.45) is 0 Å². The Morgan fingerprint density at radius 3 is 2.64 bits per heavy atom. The van der Waals surface area contributed by atoms with Crippen LogP contribution in [-0.2, 0) is 4.74 Å². The maximum absolute atomic E-state index is 12.1. The minimum Gasteiger partial charge on any atom is -0.457 e. The van der Waals surface area contributed by atoms with Crippen molar-refractivity contribution in [1.29, 1.82) is 0 Å². The number of pyridine rings is 1. The fourth-order valence-electron chi connectivity index (χ4n) is 2.24. The SMILES string of the molecule is O=C(Nc1ccc(Oc2ccccc2)c2cccnc12)OCC(F)F. The van der Waals surface area contributed by atoms with Gasteiger partial charge in [-0.1, -0.05) is 18.2 Å². The molecule has 0 bridgehead atoms. The van der Waals surface area contributed by atoms with E-state index in [1.807, 2.05) is 30.3 Å².